The summed E-state index contributed by atoms with van der Waals surface area (Å²) in [5, 5.41) is 1.69. The van der Waals surface area contributed by atoms with E-state index >= 15 is 0 Å². The molecule has 0 bridgehead atoms. The number of sulfone groups is 1. The number of rotatable bonds is 1. The Morgan fingerprint density at radius 2 is 1.70 bits per heavy atom. The number of aromatic nitrogens is 1. The van der Waals surface area contributed by atoms with Crippen molar-refractivity contribution >= 4 is 26.3 Å². The molecule has 2 heterocycles. The van der Waals surface area contributed by atoms with E-state index in [1.807, 2.05) is 0 Å². The zero-order valence-electron chi connectivity index (χ0n) is 12.0. The Morgan fingerprint density at radius 3 is 2.48 bits per heavy atom. The number of halogens is 2. The lowest BCUT2D eigenvalue weighted by Crippen LogP contribution is -1.93. The summed E-state index contributed by atoms with van der Waals surface area (Å²) in [6, 6.07) is 7.85. The van der Waals surface area contributed by atoms with Crippen molar-refractivity contribution in [1.82, 2.24) is 4.98 Å². The van der Waals surface area contributed by atoms with Crippen LogP contribution in [0.15, 0.2) is 46.7 Å². The first kappa shape index (κ1) is 14.1. The van der Waals surface area contributed by atoms with E-state index in [2.05, 4.69) is 4.98 Å². The second-order valence-corrected chi connectivity index (χ2v) is 7.30. The fourth-order valence-electron chi connectivity index (χ4n) is 3.08. The van der Waals surface area contributed by atoms with E-state index in [1.165, 1.54) is 24.3 Å². The molecule has 0 spiro atoms. The Hall–Kier alpha value is -2.47. The average molecular weight is 331 g/mol. The number of hydrogen-bond donors (Lipinski definition) is 1. The van der Waals surface area contributed by atoms with Gasteiger partial charge in [0.15, 0.2) is 0 Å². The highest BCUT2D eigenvalue weighted by Crippen LogP contribution is 2.41. The minimum atomic E-state index is -3.63. The zero-order chi connectivity index (χ0) is 16.4. The predicted octanol–water partition coefficient (Wildman–Crippen LogP) is 3.93. The van der Waals surface area contributed by atoms with Crippen LogP contribution in [0.4, 0.5) is 8.78 Å². The molecular formula is C17H11F2NO2S. The van der Waals surface area contributed by atoms with Crippen molar-refractivity contribution in [2.24, 2.45) is 0 Å². The molecule has 4 rings (SSSR count). The fraction of sp³-hybridized carbons (Fsp3) is 0.0588. The zero-order valence-corrected chi connectivity index (χ0v) is 12.8. The largest absolute Gasteiger partial charge is 0.358 e. The van der Waals surface area contributed by atoms with Gasteiger partial charge in [0.05, 0.1) is 4.90 Å². The predicted molar refractivity (Wildman–Crippen MR) is 83.7 cm³/mol. The number of fused-ring (bicyclic) bond motifs is 2. The van der Waals surface area contributed by atoms with Crippen LogP contribution in [0, 0.1) is 18.6 Å². The van der Waals surface area contributed by atoms with Crippen LogP contribution in [0.25, 0.3) is 16.5 Å². The van der Waals surface area contributed by atoms with Crippen LogP contribution in [0.3, 0.4) is 0 Å². The van der Waals surface area contributed by atoms with Crippen LogP contribution in [-0.4, -0.2) is 13.4 Å². The highest BCUT2D eigenvalue weighted by molar-refractivity contribution is 7.95. The summed E-state index contributed by atoms with van der Waals surface area (Å²) >= 11 is 0. The Labute approximate surface area is 131 Å². The molecule has 6 heteroatoms. The van der Waals surface area contributed by atoms with E-state index < -0.39 is 21.5 Å². The topological polar surface area (TPSA) is 49.9 Å². The third-order valence-corrected chi connectivity index (χ3v) is 5.54. The first-order valence-electron chi connectivity index (χ1n) is 6.92. The molecule has 1 N–H and O–H groups in total. The third-order valence-electron chi connectivity index (χ3n) is 4.03. The van der Waals surface area contributed by atoms with E-state index in [0.29, 0.717) is 33.3 Å². The minimum absolute atomic E-state index is 0.0686. The van der Waals surface area contributed by atoms with Crippen LogP contribution >= 0.6 is 0 Å². The maximum absolute atomic E-state index is 13.6. The lowest BCUT2D eigenvalue weighted by molar-refractivity contribution is 0.604. The summed E-state index contributed by atoms with van der Waals surface area (Å²) in [7, 11) is -3.63. The average Bonchev–Trinajstić information content (AvgIpc) is 2.92. The summed E-state index contributed by atoms with van der Waals surface area (Å²) in [6.07, 6.45) is 0. The van der Waals surface area contributed by atoms with Gasteiger partial charge in [0.25, 0.3) is 0 Å². The highest BCUT2D eigenvalue weighted by Gasteiger charge is 2.30. The van der Waals surface area contributed by atoms with Crippen LogP contribution in [0.2, 0.25) is 0 Å². The Bertz CT molecular complexity index is 1110. The lowest BCUT2D eigenvalue weighted by Gasteiger charge is -2.05. The summed E-state index contributed by atoms with van der Waals surface area (Å²) in [4.78, 5) is 3.18. The van der Waals surface area contributed by atoms with Gasteiger partial charge in [-0.05, 0) is 43.3 Å². The summed E-state index contributed by atoms with van der Waals surface area (Å²) in [6.45, 7) is 1.78. The van der Waals surface area contributed by atoms with Crippen molar-refractivity contribution in [3.63, 3.8) is 0 Å². The van der Waals surface area contributed by atoms with Crippen LogP contribution in [0.5, 0.6) is 0 Å². The molecule has 0 aliphatic carbocycles. The SMILES string of the molecule is Cc1[nH]c2ccc(F)cc2c1C1=CS(=O)(=O)c2ccc(F)cc21. The van der Waals surface area contributed by atoms with Crippen LogP contribution < -0.4 is 0 Å². The van der Waals surface area contributed by atoms with Gasteiger partial charge in [0.2, 0.25) is 9.84 Å². The molecule has 1 aromatic heterocycles. The Morgan fingerprint density at radius 1 is 1.00 bits per heavy atom. The number of hydrogen-bond acceptors (Lipinski definition) is 2. The van der Waals surface area contributed by atoms with E-state index in [1.54, 1.807) is 13.0 Å². The number of aryl methyl sites for hydroxylation is 1. The summed E-state index contributed by atoms with van der Waals surface area (Å²) in [5.74, 6) is -0.936. The first-order valence-corrected chi connectivity index (χ1v) is 8.46. The van der Waals surface area contributed by atoms with Crippen molar-refractivity contribution in [3.05, 3.63) is 70.3 Å². The van der Waals surface area contributed by atoms with Gasteiger partial charge in [-0.15, -0.1) is 0 Å². The fourth-order valence-corrected chi connectivity index (χ4v) is 4.50. The number of benzene rings is 2. The number of nitrogens with one attached hydrogen (secondary N) is 1. The molecule has 116 valence electrons. The van der Waals surface area contributed by atoms with E-state index in [0.717, 1.165) is 11.5 Å². The molecule has 1 aliphatic heterocycles. The monoisotopic (exact) mass is 331 g/mol. The maximum Gasteiger partial charge on any atom is 0.201 e. The lowest BCUT2D eigenvalue weighted by atomic mass is 9.97. The van der Waals surface area contributed by atoms with Gasteiger partial charge in [-0.1, -0.05) is 0 Å². The minimum Gasteiger partial charge on any atom is -0.358 e. The van der Waals surface area contributed by atoms with Crippen LogP contribution in [-0.2, 0) is 9.84 Å². The summed E-state index contributed by atoms with van der Waals surface area (Å²) < 4.78 is 51.8. The van der Waals surface area contributed by atoms with Crippen molar-refractivity contribution in [1.29, 1.82) is 0 Å². The van der Waals surface area contributed by atoms with Gasteiger partial charge in [-0.3, -0.25) is 0 Å². The van der Waals surface area contributed by atoms with E-state index in [9.17, 15) is 17.2 Å². The molecule has 0 saturated heterocycles. The molecule has 0 atom stereocenters. The molecule has 0 fully saturated rings. The van der Waals surface area contributed by atoms with E-state index in [-0.39, 0.29) is 4.90 Å². The molecule has 1 aliphatic rings. The number of H-pyrrole nitrogens is 1. The van der Waals surface area contributed by atoms with Gasteiger partial charge in [0.1, 0.15) is 11.6 Å². The second-order valence-electron chi connectivity index (χ2n) is 5.53. The molecule has 3 nitrogen and oxygen atoms in total. The molecule has 0 radical (unpaired) electrons. The maximum atomic E-state index is 13.6. The molecule has 23 heavy (non-hydrogen) atoms. The summed E-state index contributed by atoms with van der Waals surface area (Å²) in [5.41, 5.74) is 2.66. The van der Waals surface area contributed by atoms with Crippen molar-refractivity contribution < 1.29 is 17.2 Å². The van der Waals surface area contributed by atoms with Gasteiger partial charge >= 0.3 is 0 Å². The molecule has 3 aromatic rings. The van der Waals surface area contributed by atoms with E-state index in [4.69, 9.17) is 0 Å². The standard InChI is InChI=1S/C17H11F2NO2S/c1-9-17(13-7-10(18)2-4-15(13)20-9)14-8-23(21,22)16-5-3-11(19)6-12(14)16/h2-8,20H,1H3. The molecule has 0 amide bonds. The van der Waals surface area contributed by atoms with Gasteiger partial charge < -0.3 is 4.98 Å². The Balaban J connectivity index is 2.09. The quantitative estimate of drug-likeness (QED) is 0.687. The van der Waals surface area contributed by atoms with Gasteiger partial charge in [-0.25, -0.2) is 17.2 Å². The van der Waals surface area contributed by atoms with Crippen LogP contribution in [0.1, 0.15) is 16.8 Å². The van der Waals surface area contributed by atoms with Crippen molar-refractivity contribution in [2.45, 2.75) is 11.8 Å². The number of aromatic amines is 1. The molecule has 0 unspecified atom stereocenters. The smallest absolute Gasteiger partial charge is 0.201 e. The van der Waals surface area contributed by atoms with Gasteiger partial charge in [0, 0.05) is 38.7 Å². The van der Waals surface area contributed by atoms with Gasteiger partial charge in [-0.2, -0.15) is 0 Å². The first-order chi connectivity index (χ1) is 10.9. The Kier molecular flexibility index (Phi) is 2.78. The highest BCUT2D eigenvalue weighted by atomic mass is 32.2. The van der Waals surface area contributed by atoms with Crippen molar-refractivity contribution in [2.75, 3.05) is 0 Å². The molecule has 2 aromatic carbocycles. The third kappa shape index (κ3) is 2.02. The molecule has 0 saturated carbocycles. The second kappa shape index (κ2) is 4.52. The normalized spacial score (nSPS) is 15.7. The van der Waals surface area contributed by atoms with Crippen molar-refractivity contribution in [3.8, 4) is 0 Å². The molecular weight excluding hydrogens is 320 g/mol.